The molecule has 0 bridgehead atoms. The van der Waals surface area contributed by atoms with E-state index in [0.717, 1.165) is 0 Å². The van der Waals surface area contributed by atoms with Crippen LogP contribution in [0.1, 0.15) is 20.8 Å². The van der Waals surface area contributed by atoms with Gasteiger partial charge in [-0.15, -0.1) is 0 Å². The second-order valence-corrected chi connectivity index (χ2v) is 9.11. The van der Waals surface area contributed by atoms with Gasteiger partial charge in [-0.2, -0.15) is 0 Å². The minimum atomic E-state index is -2.64. The summed E-state index contributed by atoms with van der Waals surface area (Å²) in [5.41, 5.74) is 0. The molecule has 0 aliphatic heterocycles. The third-order valence-corrected chi connectivity index (χ3v) is 7.04. The second kappa shape index (κ2) is 12.9. The van der Waals surface area contributed by atoms with Crippen LogP contribution in [0.25, 0.3) is 0 Å². The predicted molar refractivity (Wildman–Crippen MR) is 80.4 cm³/mol. The first kappa shape index (κ1) is 22.4. The first-order valence-electron chi connectivity index (χ1n) is 6.61. The van der Waals surface area contributed by atoms with Crippen molar-refractivity contribution >= 4 is 17.6 Å². The Hall–Kier alpha value is 0.154. The summed E-state index contributed by atoms with van der Waals surface area (Å²) in [5.74, 6) is 0. The van der Waals surface area contributed by atoms with Crippen molar-refractivity contribution in [2.45, 2.75) is 27.3 Å². The van der Waals surface area contributed by atoms with Crippen LogP contribution in [0.4, 0.5) is 0 Å². The molecule has 7 nitrogen and oxygen atoms in total. The molecule has 0 aromatic rings. The molecular formula is C11H30O7Si2. The van der Waals surface area contributed by atoms with E-state index in [1.807, 2.05) is 27.3 Å². The summed E-state index contributed by atoms with van der Waals surface area (Å²) in [7, 11) is -0.524. The van der Waals surface area contributed by atoms with E-state index in [0.29, 0.717) is 19.8 Å². The SMILES string of the molecule is CCO[Si](C)(OCC)OCC.CO[Si](CO)(OC)OC. The fourth-order valence-electron chi connectivity index (χ4n) is 1.36. The van der Waals surface area contributed by atoms with E-state index in [1.54, 1.807) is 0 Å². The topological polar surface area (TPSA) is 75.6 Å². The molecule has 0 heterocycles. The van der Waals surface area contributed by atoms with E-state index in [1.165, 1.54) is 21.3 Å². The Morgan fingerprint density at radius 1 is 0.750 bits per heavy atom. The van der Waals surface area contributed by atoms with Crippen molar-refractivity contribution in [2.24, 2.45) is 0 Å². The van der Waals surface area contributed by atoms with Gasteiger partial charge in [0.2, 0.25) is 0 Å². The van der Waals surface area contributed by atoms with Gasteiger partial charge >= 0.3 is 17.6 Å². The molecular weight excluding hydrogens is 300 g/mol. The third kappa shape index (κ3) is 9.16. The van der Waals surface area contributed by atoms with Gasteiger partial charge in [-0.1, -0.05) is 0 Å². The lowest BCUT2D eigenvalue weighted by atomic mass is 10.9. The summed E-state index contributed by atoms with van der Waals surface area (Å²) in [5, 5.41) is 8.66. The van der Waals surface area contributed by atoms with E-state index in [4.69, 9.17) is 31.7 Å². The number of aliphatic hydroxyl groups excluding tert-OH is 1. The highest BCUT2D eigenvalue weighted by atomic mass is 28.4. The number of rotatable bonds is 10. The number of hydrogen-bond donors (Lipinski definition) is 1. The zero-order valence-electron chi connectivity index (χ0n) is 13.7. The molecule has 0 saturated carbocycles. The molecule has 0 rings (SSSR count). The molecule has 0 atom stereocenters. The Labute approximate surface area is 124 Å². The molecule has 0 saturated heterocycles. The highest BCUT2D eigenvalue weighted by molar-refractivity contribution is 6.60. The van der Waals surface area contributed by atoms with Gasteiger partial charge in [-0.25, -0.2) is 0 Å². The Morgan fingerprint density at radius 2 is 1.05 bits per heavy atom. The van der Waals surface area contributed by atoms with Gasteiger partial charge in [0, 0.05) is 47.7 Å². The molecule has 0 aliphatic carbocycles. The minimum Gasteiger partial charge on any atom is -0.392 e. The lowest BCUT2D eigenvalue weighted by molar-refractivity contribution is 0.0783. The van der Waals surface area contributed by atoms with E-state index < -0.39 is 17.6 Å². The standard InChI is InChI=1S/C7H18O3Si.C4H12O4Si/c1-5-8-11(4,9-6-2)10-7-3;1-6-9(4-5,7-2)8-3/h5-7H2,1-4H3;5H,4H2,1-3H3. The zero-order valence-corrected chi connectivity index (χ0v) is 15.7. The van der Waals surface area contributed by atoms with Crippen molar-refractivity contribution in [3.05, 3.63) is 0 Å². The predicted octanol–water partition coefficient (Wildman–Crippen LogP) is 1.06. The molecule has 0 aromatic heterocycles. The zero-order chi connectivity index (χ0) is 16.1. The van der Waals surface area contributed by atoms with Crippen LogP contribution in [0.5, 0.6) is 0 Å². The molecule has 1 N–H and O–H groups in total. The normalized spacial score (nSPS) is 12.0. The summed E-state index contributed by atoms with van der Waals surface area (Å²) < 4.78 is 30.7. The van der Waals surface area contributed by atoms with Gasteiger partial charge in [0.05, 0.1) is 0 Å². The van der Waals surface area contributed by atoms with Crippen molar-refractivity contribution in [1.29, 1.82) is 0 Å². The van der Waals surface area contributed by atoms with Crippen LogP contribution in [0.3, 0.4) is 0 Å². The molecule has 9 heteroatoms. The quantitative estimate of drug-likeness (QED) is 0.600. The summed E-state index contributed by atoms with van der Waals surface area (Å²) >= 11 is 0. The Balaban J connectivity index is 0. The van der Waals surface area contributed by atoms with E-state index in [-0.39, 0.29) is 6.23 Å². The van der Waals surface area contributed by atoms with Gasteiger partial charge in [-0.05, 0) is 20.8 Å². The fraction of sp³-hybridized carbons (Fsp3) is 1.00. The fourth-order valence-corrected chi connectivity index (χ4v) is 4.07. The Bertz CT molecular complexity index is 180. The monoisotopic (exact) mass is 330 g/mol. The molecule has 0 aromatic carbocycles. The Kier molecular flexibility index (Phi) is 14.4. The molecule has 0 fully saturated rings. The van der Waals surface area contributed by atoms with Crippen LogP contribution < -0.4 is 0 Å². The lowest BCUT2D eigenvalue weighted by Gasteiger charge is -2.23. The van der Waals surface area contributed by atoms with Crippen LogP contribution in [-0.4, -0.2) is 70.1 Å². The smallest absolute Gasteiger partial charge is 0.392 e. The second-order valence-electron chi connectivity index (χ2n) is 3.61. The summed E-state index contributed by atoms with van der Waals surface area (Å²) in [6.45, 7) is 9.73. The summed E-state index contributed by atoms with van der Waals surface area (Å²) in [6.07, 6.45) is -0.184. The van der Waals surface area contributed by atoms with Crippen LogP contribution in [0.2, 0.25) is 6.55 Å². The highest BCUT2D eigenvalue weighted by Gasteiger charge is 2.36. The van der Waals surface area contributed by atoms with E-state index in [2.05, 4.69) is 0 Å². The van der Waals surface area contributed by atoms with Crippen molar-refractivity contribution < 1.29 is 31.7 Å². The maximum Gasteiger partial charge on any atom is 0.527 e. The van der Waals surface area contributed by atoms with Crippen molar-refractivity contribution in [2.75, 3.05) is 47.4 Å². The molecule has 0 amide bonds. The van der Waals surface area contributed by atoms with Gasteiger partial charge in [-0.3, -0.25) is 0 Å². The molecule has 20 heavy (non-hydrogen) atoms. The molecule has 124 valence electrons. The minimum absolute atomic E-state index is 0.184. The summed E-state index contributed by atoms with van der Waals surface area (Å²) in [6, 6.07) is 0. The maximum absolute atomic E-state index is 8.66. The lowest BCUT2D eigenvalue weighted by Crippen LogP contribution is -2.47. The van der Waals surface area contributed by atoms with Crippen LogP contribution in [0.15, 0.2) is 0 Å². The highest BCUT2D eigenvalue weighted by Crippen LogP contribution is 2.08. The summed E-state index contributed by atoms with van der Waals surface area (Å²) in [4.78, 5) is 0. The van der Waals surface area contributed by atoms with Crippen molar-refractivity contribution in [1.82, 2.24) is 0 Å². The van der Waals surface area contributed by atoms with E-state index in [9.17, 15) is 0 Å². The third-order valence-electron chi connectivity index (χ3n) is 2.35. The van der Waals surface area contributed by atoms with Crippen molar-refractivity contribution in [3.8, 4) is 0 Å². The molecule has 0 unspecified atom stereocenters. The average molecular weight is 331 g/mol. The van der Waals surface area contributed by atoms with Gasteiger partial charge in [0.25, 0.3) is 0 Å². The largest absolute Gasteiger partial charge is 0.527 e. The molecule has 0 aliphatic rings. The molecule has 0 radical (unpaired) electrons. The molecule has 0 spiro atoms. The van der Waals surface area contributed by atoms with Gasteiger partial charge in [0.1, 0.15) is 6.23 Å². The number of aliphatic hydroxyl groups is 1. The first-order valence-corrected chi connectivity index (χ1v) is 10.8. The maximum atomic E-state index is 8.66. The van der Waals surface area contributed by atoms with Crippen LogP contribution >= 0.6 is 0 Å². The van der Waals surface area contributed by atoms with Gasteiger partial charge < -0.3 is 31.7 Å². The Morgan fingerprint density at radius 3 is 1.15 bits per heavy atom. The van der Waals surface area contributed by atoms with E-state index >= 15 is 0 Å². The first-order chi connectivity index (χ1) is 9.42. The van der Waals surface area contributed by atoms with Crippen LogP contribution in [-0.2, 0) is 26.6 Å². The van der Waals surface area contributed by atoms with Crippen LogP contribution in [0, 0.1) is 0 Å². The average Bonchev–Trinajstić information content (AvgIpc) is 2.43. The van der Waals surface area contributed by atoms with Gasteiger partial charge in [0.15, 0.2) is 0 Å². The number of hydrogen-bond acceptors (Lipinski definition) is 7. The van der Waals surface area contributed by atoms with Crippen molar-refractivity contribution in [3.63, 3.8) is 0 Å².